The van der Waals surface area contributed by atoms with Crippen molar-refractivity contribution in [3.8, 4) is 11.4 Å². The molecule has 0 spiro atoms. The number of benzene rings is 2. The highest BCUT2D eigenvalue weighted by atomic mass is 19.1. The average Bonchev–Trinajstić information content (AvgIpc) is 3.30. The number of anilines is 1. The number of rotatable bonds is 4. The smallest absolute Gasteiger partial charge is 0.194 e. The summed E-state index contributed by atoms with van der Waals surface area (Å²) < 4.78 is 16.1. The number of halogens is 1. The predicted molar refractivity (Wildman–Crippen MR) is 116 cm³/mol. The van der Waals surface area contributed by atoms with Crippen molar-refractivity contribution in [3.05, 3.63) is 72.6 Å². The average molecular weight is 408 g/mol. The van der Waals surface area contributed by atoms with E-state index >= 15 is 0 Å². The van der Waals surface area contributed by atoms with Crippen LogP contribution in [-0.4, -0.2) is 58.7 Å². The standard InChI is InChI=1S/C22H25FN6O/c1-24-22(28-12-10-27(11-13-28)20-4-2-3-5-21(20)30)26-15-17-6-7-19(18(23)14-17)29-9-8-25-16-29/h2-9,14,16,30H,10-13,15H2,1H3,(H,24,26). The minimum Gasteiger partial charge on any atom is -0.506 e. The van der Waals surface area contributed by atoms with Crippen LogP contribution < -0.4 is 10.2 Å². The molecule has 2 aromatic carbocycles. The third kappa shape index (κ3) is 4.22. The number of phenolic OH excluding ortho intramolecular Hbond substituents is 1. The van der Waals surface area contributed by atoms with Gasteiger partial charge in [-0.25, -0.2) is 9.37 Å². The molecule has 1 fully saturated rings. The molecule has 1 aliphatic rings. The van der Waals surface area contributed by atoms with Crippen LogP contribution in [0.1, 0.15) is 5.56 Å². The van der Waals surface area contributed by atoms with Gasteiger partial charge in [-0.2, -0.15) is 0 Å². The summed E-state index contributed by atoms with van der Waals surface area (Å²) in [7, 11) is 1.75. The summed E-state index contributed by atoms with van der Waals surface area (Å²) in [5.74, 6) is 0.791. The molecule has 0 saturated carbocycles. The highest BCUT2D eigenvalue weighted by Gasteiger charge is 2.21. The van der Waals surface area contributed by atoms with Crippen molar-refractivity contribution >= 4 is 11.6 Å². The second-order valence-corrected chi connectivity index (χ2v) is 7.12. The summed E-state index contributed by atoms with van der Waals surface area (Å²) in [6.45, 7) is 3.61. The van der Waals surface area contributed by atoms with Crippen LogP contribution in [0.25, 0.3) is 5.69 Å². The monoisotopic (exact) mass is 408 g/mol. The van der Waals surface area contributed by atoms with Crippen molar-refractivity contribution in [1.82, 2.24) is 19.8 Å². The molecule has 3 aromatic rings. The topological polar surface area (TPSA) is 68.9 Å². The van der Waals surface area contributed by atoms with Crippen LogP contribution in [-0.2, 0) is 6.54 Å². The number of imidazole rings is 1. The van der Waals surface area contributed by atoms with E-state index in [2.05, 4.69) is 25.1 Å². The molecule has 8 heteroatoms. The lowest BCUT2D eigenvalue weighted by atomic mass is 10.2. The predicted octanol–water partition coefficient (Wildman–Crippen LogP) is 2.61. The maximum absolute atomic E-state index is 14.5. The van der Waals surface area contributed by atoms with Crippen LogP contribution in [0.5, 0.6) is 5.75 Å². The first-order valence-electron chi connectivity index (χ1n) is 9.91. The van der Waals surface area contributed by atoms with Gasteiger partial charge in [-0.1, -0.05) is 18.2 Å². The van der Waals surface area contributed by atoms with E-state index in [1.807, 2.05) is 24.3 Å². The highest BCUT2D eigenvalue weighted by molar-refractivity contribution is 5.80. The maximum Gasteiger partial charge on any atom is 0.194 e. The van der Waals surface area contributed by atoms with Gasteiger partial charge < -0.3 is 24.8 Å². The van der Waals surface area contributed by atoms with E-state index in [9.17, 15) is 9.50 Å². The molecule has 0 aliphatic carbocycles. The zero-order valence-corrected chi connectivity index (χ0v) is 16.9. The van der Waals surface area contributed by atoms with Crippen molar-refractivity contribution in [1.29, 1.82) is 0 Å². The van der Waals surface area contributed by atoms with Crippen LogP contribution in [0.3, 0.4) is 0 Å². The Morgan fingerprint density at radius 2 is 1.93 bits per heavy atom. The van der Waals surface area contributed by atoms with Gasteiger partial charge in [-0.15, -0.1) is 0 Å². The third-order valence-electron chi connectivity index (χ3n) is 5.26. The van der Waals surface area contributed by atoms with Gasteiger partial charge in [-0.05, 0) is 29.8 Å². The number of para-hydroxylation sites is 2. The Balaban J connectivity index is 1.35. The Hall–Kier alpha value is -3.55. The molecule has 1 aliphatic heterocycles. The third-order valence-corrected chi connectivity index (χ3v) is 5.26. The van der Waals surface area contributed by atoms with Crippen LogP contribution in [0, 0.1) is 5.82 Å². The molecule has 4 rings (SSSR count). The van der Waals surface area contributed by atoms with E-state index in [4.69, 9.17) is 0 Å². The van der Waals surface area contributed by atoms with E-state index in [1.54, 1.807) is 42.5 Å². The van der Waals surface area contributed by atoms with Crippen molar-refractivity contribution in [2.45, 2.75) is 6.54 Å². The second-order valence-electron chi connectivity index (χ2n) is 7.12. The van der Waals surface area contributed by atoms with E-state index in [0.29, 0.717) is 18.0 Å². The fraction of sp³-hybridized carbons (Fsp3) is 0.273. The first-order valence-corrected chi connectivity index (χ1v) is 9.91. The molecule has 0 unspecified atom stereocenters. The van der Waals surface area contributed by atoms with Crippen molar-refractivity contribution in [2.24, 2.45) is 4.99 Å². The highest BCUT2D eigenvalue weighted by Crippen LogP contribution is 2.27. The zero-order valence-electron chi connectivity index (χ0n) is 16.9. The number of aromatic hydroxyl groups is 1. The summed E-state index contributed by atoms with van der Waals surface area (Å²) >= 11 is 0. The van der Waals surface area contributed by atoms with Gasteiger partial charge in [0.1, 0.15) is 11.6 Å². The molecule has 1 saturated heterocycles. The Labute approximate surface area is 175 Å². The SMILES string of the molecule is CN=C(NCc1ccc(-n2ccnc2)c(F)c1)N1CCN(c2ccccc2O)CC1. The number of nitrogens with zero attached hydrogens (tertiary/aromatic N) is 5. The Morgan fingerprint density at radius 1 is 1.13 bits per heavy atom. The number of phenols is 1. The summed E-state index contributed by atoms with van der Waals surface area (Å²) in [5.41, 5.74) is 2.17. The number of hydrogen-bond donors (Lipinski definition) is 2. The van der Waals surface area contributed by atoms with Crippen molar-refractivity contribution in [3.63, 3.8) is 0 Å². The maximum atomic E-state index is 14.5. The summed E-state index contributed by atoms with van der Waals surface area (Å²) in [6.07, 6.45) is 4.91. The first kappa shape index (κ1) is 19.8. The zero-order chi connectivity index (χ0) is 20.9. The molecule has 156 valence electrons. The lowest BCUT2D eigenvalue weighted by Gasteiger charge is -2.37. The molecule has 0 atom stereocenters. The number of piperazine rings is 1. The van der Waals surface area contributed by atoms with Crippen LogP contribution in [0.2, 0.25) is 0 Å². The second kappa shape index (κ2) is 8.86. The lowest BCUT2D eigenvalue weighted by molar-refractivity contribution is 0.369. The molecular weight excluding hydrogens is 383 g/mol. The number of aromatic nitrogens is 2. The molecule has 0 bridgehead atoms. The minimum absolute atomic E-state index is 0.293. The Morgan fingerprint density at radius 3 is 2.60 bits per heavy atom. The normalized spacial score (nSPS) is 14.8. The fourth-order valence-corrected chi connectivity index (χ4v) is 3.68. The molecular formula is C22H25FN6O. The fourth-order valence-electron chi connectivity index (χ4n) is 3.68. The van der Waals surface area contributed by atoms with Gasteiger partial charge in [0.25, 0.3) is 0 Å². The quantitative estimate of drug-likeness (QED) is 0.513. The summed E-state index contributed by atoms with van der Waals surface area (Å²) in [4.78, 5) is 12.7. The summed E-state index contributed by atoms with van der Waals surface area (Å²) in [6, 6.07) is 12.6. The van der Waals surface area contributed by atoms with Crippen LogP contribution in [0.4, 0.5) is 10.1 Å². The molecule has 30 heavy (non-hydrogen) atoms. The van der Waals surface area contributed by atoms with Gasteiger partial charge in [0, 0.05) is 52.2 Å². The summed E-state index contributed by atoms with van der Waals surface area (Å²) in [5, 5.41) is 13.4. The lowest BCUT2D eigenvalue weighted by Crippen LogP contribution is -2.52. The molecule has 2 heterocycles. The number of nitrogens with one attached hydrogen (secondary N) is 1. The van der Waals surface area contributed by atoms with E-state index in [0.717, 1.165) is 43.4 Å². The molecule has 0 amide bonds. The van der Waals surface area contributed by atoms with Gasteiger partial charge in [0.2, 0.25) is 0 Å². The van der Waals surface area contributed by atoms with Gasteiger partial charge in [-0.3, -0.25) is 4.99 Å². The van der Waals surface area contributed by atoms with Gasteiger partial charge in [0.15, 0.2) is 5.96 Å². The Kier molecular flexibility index (Phi) is 5.83. The van der Waals surface area contributed by atoms with Gasteiger partial charge in [0.05, 0.1) is 17.7 Å². The molecule has 7 nitrogen and oxygen atoms in total. The van der Waals surface area contributed by atoms with Crippen LogP contribution in [0.15, 0.2) is 66.2 Å². The van der Waals surface area contributed by atoms with Gasteiger partial charge >= 0.3 is 0 Å². The van der Waals surface area contributed by atoms with Crippen LogP contribution >= 0.6 is 0 Å². The van der Waals surface area contributed by atoms with E-state index < -0.39 is 0 Å². The van der Waals surface area contributed by atoms with Crippen molar-refractivity contribution in [2.75, 3.05) is 38.1 Å². The first-order chi connectivity index (χ1) is 14.7. The largest absolute Gasteiger partial charge is 0.506 e. The minimum atomic E-state index is -0.293. The van der Waals surface area contributed by atoms with Crippen molar-refractivity contribution < 1.29 is 9.50 Å². The molecule has 0 radical (unpaired) electrons. The number of guanidine groups is 1. The Bertz CT molecular complexity index is 1010. The molecule has 2 N–H and O–H groups in total. The molecule has 1 aromatic heterocycles. The number of aliphatic imine (C=N–C) groups is 1. The van der Waals surface area contributed by atoms with E-state index in [1.165, 1.54) is 6.07 Å². The van der Waals surface area contributed by atoms with E-state index in [-0.39, 0.29) is 5.82 Å². The number of hydrogen-bond acceptors (Lipinski definition) is 4.